The third-order valence-corrected chi connectivity index (χ3v) is 8.09. The Kier molecular flexibility index (Phi) is 7.43. The normalized spacial score (nSPS) is 20.5. The van der Waals surface area contributed by atoms with Gasteiger partial charge in [0.05, 0.1) is 28.8 Å². The van der Waals surface area contributed by atoms with E-state index in [2.05, 4.69) is 0 Å². The van der Waals surface area contributed by atoms with Crippen molar-refractivity contribution in [3.8, 4) is 11.1 Å². The van der Waals surface area contributed by atoms with E-state index in [0.717, 1.165) is 11.8 Å². The highest BCUT2D eigenvalue weighted by molar-refractivity contribution is 7.90. The fourth-order valence-corrected chi connectivity index (χ4v) is 5.91. The van der Waals surface area contributed by atoms with E-state index < -0.39 is 21.4 Å². The summed E-state index contributed by atoms with van der Waals surface area (Å²) in [5.74, 6) is -0.868. The van der Waals surface area contributed by atoms with E-state index in [-0.39, 0.29) is 29.1 Å². The number of sulfone groups is 1. The van der Waals surface area contributed by atoms with E-state index in [0.29, 0.717) is 53.3 Å². The van der Waals surface area contributed by atoms with E-state index in [1.807, 2.05) is 17.9 Å². The highest BCUT2D eigenvalue weighted by Gasteiger charge is 2.49. The average Bonchev–Trinajstić information content (AvgIpc) is 3.02. The van der Waals surface area contributed by atoms with Crippen molar-refractivity contribution in [2.24, 2.45) is 5.73 Å². The number of benzene rings is 2. The first-order valence-corrected chi connectivity index (χ1v) is 14.3. The maximum atomic E-state index is 13.1. The SMILES string of the molecule is Cc1cc(-c2cccc(S(C)(=O)=O)c2)c(Cl)cc1C1=C(N)C2(CCCN(CC(=O)OC(C)C)C2)OC1=O. The molecular weight excluding hydrogens is 516 g/mol. The molecule has 1 spiro atoms. The fraction of sp³-hybridized carbons (Fsp3) is 0.407. The maximum Gasteiger partial charge on any atom is 0.341 e. The molecule has 0 radical (unpaired) electrons. The molecule has 2 aromatic rings. The number of halogens is 1. The molecular formula is C27H31ClN2O6S. The number of aryl methyl sites for hydroxylation is 1. The monoisotopic (exact) mass is 546 g/mol. The van der Waals surface area contributed by atoms with Gasteiger partial charge in [-0.2, -0.15) is 0 Å². The lowest BCUT2D eigenvalue weighted by atomic mass is 9.86. The molecule has 37 heavy (non-hydrogen) atoms. The maximum absolute atomic E-state index is 13.1. The van der Waals surface area contributed by atoms with Crippen LogP contribution in [0.15, 0.2) is 47.0 Å². The van der Waals surface area contributed by atoms with Crippen LogP contribution in [-0.4, -0.2) is 62.9 Å². The number of likely N-dealkylation sites (tertiary alicyclic amines) is 1. The summed E-state index contributed by atoms with van der Waals surface area (Å²) in [6.07, 6.45) is 2.19. The number of hydrogen-bond donors (Lipinski definition) is 1. The minimum absolute atomic E-state index is 0.0895. The van der Waals surface area contributed by atoms with Crippen LogP contribution in [0.1, 0.15) is 37.8 Å². The first-order chi connectivity index (χ1) is 17.3. The lowest BCUT2D eigenvalue weighted by molar-refractivity contribution is -0.154. The first kappa shape index (κ1) is 27.2. The standard InChI is InChI=1S/C27H31ClN2O6S/c1-16(2)35-23(31)14-30-10-6-9-27(15-30)25(29)24(26(32)36-27)20-13-22(28)21(11-17(20)3)18-7-5-8-19(12-18)37(4,33)34/h5,7-8,11-13,16H,6,9-10,14-15,29H2,1-4H3. The van der Waals surface area contributed by atoms with Gasteiger partial charge >= 0.3 is 11.9 Å². The van der Waals surface area contributed by atoms with E-state index in [4.69, 9.17) is 26.8 Å². The molecule has 10 heteroatoms. The summed E-state index contributed by atoms with van der Waals surface area (Å²) < 4.78 is 35.2. The number of esters is 2. The predicted molar refractivity (Wildman–Crippen MR) is 142 cm³/mol. The van der Waals surface area contributed by atoms with Crippen molar-refractivity contribution in [3.05, 3.63) is 58.2 Å². The molecule has 198 valence electrons. The second kappa shape index (κ2) is 10.1. The average molecular weight is 547 g/mol. The van der Waals surface area contributed by atoms with Crippen LogP contribution in [0.5, 0.6) is 0 Å². The quantitative estimate of drug-likeness (QED) is 0.545. The Morgan fingerprint density at radius 2 is 1.97 bits per heavy atom. The van der Waals surface area contributed by atoms with Gasteiger partial charge in [-0.15, -0.1) is 0 Å². The molecule has 1 unspecified atom stereocenters. The van der Waals surface area contributed by atoms with Gasteiger partial charge in [0, 0.05) is 23.4 Å². The summed E-state index contributed by atoms with van der Waals surface area (Å²) in [5, 5.41) is 0.349. The van der Waals surface area contributed by atoms with Crippen LogP contribution in [0.3, 0.4) is 0 Å². The van der Waals surface area contributed by atoms with Crippen LogP contribution in [0.25, 0.3) is 16.7 Å². The lowest BCUT2D eigenvalue weighted by Crippen LogP contribution is -2.52. The van der Waals surface area contributed by atoms with Crippen molar-refractivity contribution in [1.82, 2.24) is 4.90 Å². The van der Waals surface area contributed by atoms with E-state index in [1.165, 1.54) is 6.07 Å². The van der Waals surface area contributed by atoms with Gasteiger partial charge in [-0.3, -0.25) is 9.69 Å². The van der Waals surface area contributed by atoms with Gasteiger partial charge in [0.15, 0.2) is 15.4 Å². The van der Waals surface area contributed by atoms with Crippen LogP contribution in [0, 0.1) is 6.92 Å². The molecule has 2 aliphatic rings. The number of carbonyl (C=O) groups excluding carboxylic acids is 2. The van der Waals surface area contributed by atoms with Crippen molar-refractivity contribution < 1.29 is 27.5 Å². The van der Waals surface area contributed by atoms with Crippen LogP contribution >= 0.6 is 11.6 Å². The number of piperidine rings is 1. The number of ether oxygens (including phenoxy) is 2. The Morgan fingerprint density at radius 3 is 2.65 bits per heavy atom. The highest BCUT2D eigenvalue weighted by atomic mass is 35.5. The van der Waals surface area contributed by atoms with Crippen molar-refractivity contribution in [1.29, 1.82) is 0 Å². The van der Waals surface area contributed by atoms with Gasteiger partial charge in [0.1, 0.15) is 0 Å². The van der Waals surface area contributed by atoms with Crippen LogP contribution < -0.4 is 5.73 Å². The van der Waals surface area contributed by atoms with Gasteiger partial charge in [-0.05, 0) is 81.1 Å². The molecule has 2 heterocycles. The molecule has 0 amide bonds. The van der Waals surface area contributed by atoms with Crippen LogP contribution in [0.4, 0.5) is 0 Å². The van der Waals surface area contributed by atoms with Crippen LogP contribution in [-0.2, 0) is 28.9 Å². The molecule has 0 saturated carbocycles. The summed E-state index contributed by atoms with van der Waals surface area (Å²) in [4.78, 5) is 27.4. The predicted octanol–water partition coefficient (Wildman–Crippen LogP) is 3.73. The topological polar surface area (TPSA) is 116 Å². The molecule has 1 fully saturated rings. The Bertz CT molecular complexity index is 1400. The number of hydrogen-bond acceptors (Lipinski definition) is 8. The van der Waals surface area contributed by atoms with E-state index in [9.17, 15) is 18.0 Å². The zero-order valence-corrected chi connectivity index (χ0v) is 22.9. The molecule has 1 saturated heterocycles. The van der Waals surface area contributed by atoms with Gasteiger partial charge in [-0.1, -0.05) is 23.7 Å². The molecule has 0 bridgehead atoms. The van der Waals surface area contributed by atoms with Crippen molar-refractivity contribution >= 4 is 38.9 Å². The van der Waals surface area contributed by atoms with Crippen LogP contribution in [0.2, 0.25) is 5.02 Å². The number of carbonyl (C=O) groups is 2. The lowest BCUT2D eigenvalue weighted by Gasteiger charge is -2.39. The first-order valence-electron chi connectivity index (χ1n) is 12.1. The largest absolute Gasteiger partial charge is 0.462 e. The molecule has 0 aliphatic carbocycles. The minimum atomic E-state index is -3.39. The van der Waals surface area contributed by atoms with Crippen molar-refractivity contribution in [2.45, 2.75) is 50.2 Å². The molecule has 2 aliphatic heterocycles. The Hall–Kier alpha value is -2.88. The number of rotatable bonds is 6. The third kappa shape index (κ3) is 5.54. The molecule has 0 aromatic heterocycles. The molecule has 4 rings (SSSR count). The smallest absolute Gasteiger partial charge is 0.341 e. The fourth-order valence-electron chi connectivity index (χ4n) is 4.97. The molecule has 2 N–H and O–H groups in total. The zero-order valence-electron chi connectivity index (χ0n) is 21.3. The zero-order chi connectivity index (χ0) is 27.1. The van der Waals surface area contributed by atoms with Gasteiger partial charge in [0.25, 0.3) is 0 Å². The summed E-state index contributed by atoms with van der Waals surface area (Å²) in [6, 6.07) is 10.0. The molecule has 8 nitrogen and oxygen atoms in total. The molecule has 1 atom stereocenters. The second-order valence-electron chi connectivity index (χ2n) is 9.97. The van der Waals surface area contributed by atoms with E-state index >= 15 is 0 Å². The van der Waals surface area contributed by atoms with Crippen molar-refractivity contribution in [2.75, 3.05) is 25.9 Å². The third-order valence-electron chi connectivity index (χ3n) is 6.66. The summed E-state index contributed by atoms with van der Waals surface area (Å²) in [6.45, 7) is 6.48. The summed E-state index contributed by atoms with van der Waals surface area (Å²) >= 11 is 6.65. The molecule has 2 aromatic carbocycles. The van der Waals surface area contributed by atoms with Gasteiger partial charge < -0.3 is 15.2 Å². The highest BCUT2D eigenvalue weighted by Crippen LogP contribution is 2.43. The summed E-state index contributed by atoms with van der Waals surface area (Å²) in [5.41, 5.74) is 8.75. The Labute approximate surface area is 222 Å². The number of nitrogens with zero attached hydrogens (tertiary/aromatic N) is 1. The Balaban J connectivity index is 1.67. The van der Waals surface area contributed by atoms with E-state index in [1.54, 1.807) is 38.1 Å². The number of nitrogens with two attached hydrogens (primary N) is 1. The van der Waals surface area contributed by atoms with Gasteiger partial charge in [-0.25, -0.2) is 13.2 Å². The van der Waals surface area contributed by atoms with Crippen molar-refractivity contribution in [3.63, 3.8) is 0 Å². The second-order valence-corrected chi connectivity index (χ2v) is 12.4. The minimum Gasteiger partial charge on any atom is -0.462 e. The Morgan fingerprint density at radius 1 is 1.24 bits per heavy atom. The van der Waals surface area contributed by atoms with Gasteiger partial charge in [0.2, 0.25) is 0 Å². The summed E-state index contributed by atoms with van der Waals surface area (Å²) in [7, 11) is -3.39.